The summed E-state index contributed by atoms with van der Waals surface area (Å²) < 4.78 is 32.4. The maximum absolute atomic E-state index is 11.8. The number of alkyl halides is 2. The molecule has 0 aliphatic heterocycles. The van der Waals surface area contributed by atoms with Gasteiger partial charge in [0.25, 0.3) is 0 Å². The van der Waals surface area contributed by atoms with E-state index in [1.54, 1.807) is 18.6 Å². The fourth-order valence-electron chi connectivity index (χ4n) is 1.01. The Morgan fingerprint density at radius 2 is 1.83 bits per heavy atom. The van der Waals surface area contributed by atoms with E-state index >= 15 is 0 Å². The molecule has 6 nitrogen and oxygen atoms in total. The zero-order valence-corrected chi connectivity index (χ0v) is 14.5. The van der Waals surface area contributed by atoms with Crippen molar-refractivity contribution in [2.75, 3.05) is 10.7 Å². The van der Waals surface area contributed by atoms with Crippen molar-refractivity contribution in [2.45, 2.75) is 38.8 Å². The average molecular weight is 410 g/mol. The molecule has 0 saturated carbocycles. The molecule has 0 aromatic rings. The molecule has 0 saturated heterocycles. The Morgan fingerprint density at radius 1 is 1.33 bits per heavy atom. The molecule has 0 unspecified atom stereocenters. The number of halogens is 2. The summed E-state index contributed by atoms with van der Waals surface area (Å²) in [7, 11) is -3.95. The second kappa shape index (κ2) is 7.66. The van der Waals surface area contributed by atoms with Crippen molar-refractivity contribution >= 4 is 48.2 Å². The monoisotopic (exact) mass is 408 g/mol. The molecule has 1 amide bonds. The Labute approximate surface area is 125 Å². The number of nitrogens with one attached hydrogen (secondary N) is 2. The van der Waals surface area contributed by atoms with Crippen LogP contribution in [0.15, 0.2) is 0 Å². The number of rotatable bonds is 7. The predicted octanol–water partition coefficient (Wildman–Crippen LogP) is 1.89. The Morgan fingerprint density at radius 3 is 2.17 bits per heavy atom. The summed E-state index contributed by atoms with van der Waals surface area (Å²) in [6.07, 6.45) is -0.820. The highest BCUT2D eigenvalue weighted by molar-refractivity contribution is 9.09. The van der Waals surface area contributed by atoms with Gasteiger partial charge in [0.1, 0.15) is 0 Å². The molecule has 0 atom stereocenters. The van der Waals surface area contributed by atoms with Gasteiger partial charge in [-0.3, -0.25) is 0 Å². The van der Waals surface area contributed by atoms with Crippen molar-refractivity contribution in [3.63, 3.8) is 0 Å². The molecule has 9 heteroatoms. The normalized spacial score (nSPS) is 12.6. The highest BCUT2D eigenvalue weighted by atomic mass is 79.9. The van der Waals surface area contributed by atoms with E-state index in [2.05, 4.69) is 36.6 Å². The second-order valence-corrected chi connectivity index (χ2v) is 6.60. The predicted molar refractivity (Wildman–Crippen MR) is 77.4 cm³/mol. The Kier molecular flexibility index (Phi) is 7.72. The number of hydrogen-bond acceptors (Lipinski definition) is 4. The van der Waals surface area contributed by atoms with E-state index in [1.807, 2.05) is 6.92 Å². The van der Waals surface area contributed by atoms with Gasteiger partial charge in [-0.05, 0) is 20.3 Å². The standard InChI is InChI=1S/C9H18Br2N2O4S/c1-4-9(5-10,6-11)13-18(15,16)12-8(14)17-7(2)3/h7,13H,4-6H2,1-3H3,(H,12,14). The van der Waals surface area contributed by atoms with Gasteiger partial charge in [-0.15, -0.1) is 0 Å². The van der Waals surface area contributed by atoms with Crippen LogP contribution in [0.5, 0.6) is 0 Å². The third-order valence-electron chi connectivity index (χ3n) is 2.10. The van der Waals surface area contributed by atoms with E-state index in [0.717, 1.165) is 0 Å². The molecule has 0 aromatic carbocycles. The first-order chi connectivity index (χ1) is 8.20. The van der Waals surface area contributed by atoms with Crippen LogP contribution in [0.4, 0.5) is 4.79 Å². The Balaban J connectivity index is 4.70. The summed E-state index contributed by atoms with van der Waals surface area (Å²) in [6.45, 7) is 5.11. The van der Waals surface area contributed by atoms with Gasteiger partial charge >= 0.3 is 16.3 Å². The number of hydrogen-bond donors (Lipinski definition) is 2. The molecule has 18 heavy (non-hydrogen) atoms. The lowest BCUT2D eigenvalue weighted by Crippen LogP contribution is -2.55. The van der Waals surface area contributed by atoms with Crippen LogP contribution >= 0.6 is 31.9 Å². The first kappa shape index (κ1) is 18.1. The van der Waals surface area contributed by atoms with Crippen LogP contribution in [0.25, 0.3) is 0 Å². The molecular weight excluding hydrogens is 392 g/mol. The number of ether oxygens (including phenoxy) is 1. The van der Waals surface area contributed by atoms with Gasteiger partial charge in [0.05, 0.1) is 11.6 Å². The van der Waals surface area contributed by atoms with Crippen molar-refractivity contribution in [1.29, 1.82) is 0 Å². The number of carbonyl (C=O) groups is 1. The van der Waals surface area contributed by atoms with Gasteiger partial charge in [-0.25, -0.2) is 9.52 Å². The van der Waals surface area contributed by atoms with E-state index in [4.69, 9.17) is 4.74 Å². The van der Waals surface area contributed by atoms with E-state index in [9.17, 15) is 13.2 Å². The first-order valence-electron chi connectivity index (χ1n) is 5.34. The maximum Gasteiger partial charge on any atom is 0.422 e. The summed E-state index contributed by atoms with van der Waals surface area (Å²) in [5.74, 6) is 0. The lowest BCUT2D eigenvalue weighted by atomic mass is 10.0. The molecule has 0 aliphatic carbocycles. The molecule has 0 radical (unpaired) electrons. The minimum absolute atomic E-state index is 0.386. The molecule has 2 N–H and O–H groups in total. The summed E-state index contributed by atoms with van der Waals surface area (Å²) in [5, 5.41) is 0.837. The molecule has 0 aliphatic rings. The van der Waals surface area contributed by atoms with Crippen molar-refractivity contribution < 1.29 is 17.9 Å². The van der Waals surface area contributed by atoms with Crippen molar-refractivity contribution in [1.82, 2.24) is 9.44 Å². The minimum atomic E-state index is -3.95. The van der Waals surface area contributed by atoms with E-state index < -0.39 is 21.8 Å². The molecule has 0 rings (SSSR count). The minimum Gasteiger partial charge on any atom is -0.446 e. The van der Waals surface area contributed by atoms with Gasteiger partial charge in [0.15, 0.2) is 0 Å². The molecule has 108 valence electrons. The third kappa shape index (κ3) is 6.35. The summed E-state index contributed by atoms with van der Waals surface area (Å²) >= 11 is 6.50. The lowest BCUT2D eigenvalue weighted by molar-refractivity contribution is 0.121. The smallest absolute Gasteiger partial charge is 0.422 e. The van der Waals surface area contributed by atoms with Crippen LogP contribution in [0.2, 0.25) is 0 Å². The fraction of sp³-hybridized carbons (Fsp3) is 0.889. The fourth-order valence-corrected chi connectivity index (χ4v) is 4.56. The Bertz CT molecular complexity index is 360. The highest BCUT2D eigenvalue weighted by Gasteiger charge is 2.32. The van der Waals surface area contributed by atoms with Crippen molar-refractivity contribution in [2.24, 2.45) is 0 Å². The van der Waals surface area contributed by atoms with Crippen molar-refractivity contribution in [3.05, 3.63) is 0 Å². The second-order valence-electron chi connectivity index (χ2n) is 4.06. The summed E-state index contributed by atoms with van der Waals surface area (Å²) in [4.78, 5) is 11.2. The van der Waals surface area contributed by atoms with Crippen LogP contribution in [-0.2, 0) is 14.9 Å². The van der Waals surface area contributed by atoms with Gasteiger partial charge in [0, 0.05) is 10.7 Å². The van der Waals surface area contributed by atoms with Crippen LogP contribution in [0, 0.1) is 0 Å². The largest absolute Gasteiger partial charge is 0.446 e. The van der Waals surface area contributed by atoms with Crippen LogP contribution in [-0.4, -0.2) is 36.8 Å². The third-order valence-corrected chi connectivity index (χ3v) is 5.38. The van der Waals surface area contributed by atoms with E-state index in [0.29, 0.717) is 17.1 Å². The summed E-state index contributed by atoms with van der Waals surface area (Å²) in [6, 6.07) is 0. The molecule has 0 heterocycles. The molecule has 0 aromatic heterocycles. The van der Waals surface area contributed by atoms with Gasteiger partial charge < -0.3 is 4.74 Å². The first-order valence-corrected chi connectivity index (χ1v) is 9.07. The van der Waals surface area contributed by atoms with E-state index in [1.165, 1.54) is 0 Å². The zero-order chi connectivity index (χ0) is 14.4. The van der Waals surface area contributed by atoms with Crippen LogP contribution in [0.3, 0.4) is 0 Å². The highest BCUT2D eigenvalue weighted by Crippen LogP contribution is 2.17. The maximum atomic E-state index is 11.8. The SMILES string of the molecule is CCC(CBr)(CBr)NS(=O)(=O)NC(=O)OC(C)C. The molecular formula is C9H18Br2N2O4S. The average Bonchev–Trinajstić information content (AvgIpc) is 2.24. The van der Waals surface area contributed by atoms with Crippen molar-refractivity contribution in [3.8, 4) is 0 Å². The lowest BCUT2D eigenvalue weighted by Gasteiger charge is -2.29. The van der Waals surface area contributed by atoms with Gasteiger partial charge in [0.2, 0.25) is 0 Å². The number of amides is 1. The quantitative estimate of drug-likeness (QED) is 0.629. The Hall–Kier alpha value is 0.140. The zero-order valence-electron chi connectivity index (χ0n) is 10.5. The topological polar surface area (TPSA) is 84.5 Å². The summed E-state index contributed by atoms with van der Waals surface area (Å²) in [5.41, 5.74) is -0.691. The number of carbonyl (C=O) groups excluding carboxylic acids is 1. The van der Waals surface area contributed by atoms with Gasteiger partial charge in [-0.1, -0.05) is 38.8 Å². The molecule has 0 spiro atoms. The van der Waals surface area contributed by atoms with Crippen LogP contribution in [0.1, 0.15) is 27.2 Å². The molecule has 0 fully saturated rings. The van der Waals surface area contributed by atoms with Crippen LogP contribution < -0.4 is 9.44 Å². The molecule has 0 bridgehead atoms. The van der Waals surface area contributed by atoms with Gasteiger partial charge in [-0.2, -0.15) is 13.1 Å². The van der Waals surface area contributed by atoms with E-state index in [-0.39, 0.29) is 6.10 Å².